The first-order valence-electron chi connectivity index (χ1n) is 7.40. The SMILES string of the molecule is C=C(CCC(=O)CCc1ccc(CCC(C)=O)o1)OCC. The lowest BCUT2D eigenvalue weighted by Gasteiger charge is -2.05. The third-order valence-corrected chi connectivity index (χ3v) is 3.12. The number of carbonyl (C=O) groups is 2. The van der Waals surface area contributed by atoms with Gasteiger partial charge < -0.3 is 13.9 Å². The summed E-state index contributed by atoms with van der Waals surface area (Å²) in [7, 11) is 0. The molecule has 0 saturated carbocycles. The topological polar surface area (TPSA) is 56.5 Å². The molecule has 0 aliphatic heterocycles. The van der Waals surface area contributed by atoms with Gasteiger partial charge in [0.1, 0.15) is 23.1 Å². The van der Waals surface area contributed by atoms with Crippen molar-refractivity contribution in [3.8, 4) is 0 Å². The number of hydrogen-bond acceptors (Lipinski definition) is 4. The number of Topliss-reactive ketones (excluding diaryl/α,β-unsaturated/α-hetero) is 2. The average Bonchev–Trinajstić information content (AvgIpc) is 2.89. The number of ketones is 2. The summed E-state index contributed by atoms with van der Waals surface area (Å²) in [6.07, 6.45) is 3.20. The van der Waals surface area contributed by atoms with Crippen LogP contribution in [0.4, 0.5) is 0 Å². The van der Waals surface area contributed by atoms with Crippen LogP contribution in [0.25, 0.3) is 0 Å². The lowest BCUT2D eigenvalue weighted by molar-refractivity contribution is -0.119. The molecule has 0 amide bonds. The molecule has 0 atom stereocenters. The van der Waals surface area contributed by atoms with Crippen LogP contribution >= 0.6 is 0 Å². The highest BCUT2D eigenvalue weighted by atomic mass is 16.5. The zero-order valence-electron chi connectivity index (χ0n) is 12.9. The van der Waals surface area contributed by atoms with E-state index in [1.165, 1.54) is 0 Å². The molecule has 116 valence electrons. The Bertz CT molecular complexity index is 485. The molecule has 0 unspecified atom stereocenters. The second kappa shape index (κ2) is 9.16. The fourth-order valence-electron chi connectivity index (χ4n) is 1.93. The molecule has 0 aromatic carbocycles. The Kier molecular flexibility index (Phi) is 7.51. The van der Waals surface area contributed by atoms with Crippen molar-refractivity contribution in [1.82, 2.24) is 0 Å². The van der Waals surface area contributed by atoms with Crippen molar-refractivity contribution < 1.29 is 18.7 Å². The van der Waals surface area contributed by atoms with E-state index in [0.29, 0.717) is 50.9 Å². The van der Waals surface area contributed by atoms with Crippen LogP contribution in [0.15, 0.2) is 28.9 Å². The van der Waals surface area contributed by atoms with E-state index in [-0.39, 0.29) is 11.6 Å². The van der Waals surface area contributed by atoms with Gasteiger partial charge in [-0.05, 0) is 26.0 Å². The molecule has 4 heteroatoms. The van der Waals surface area contributed by atoms with E-state index in [1.807, 2.05) is 19.1 Å². The first-order valence-corrected chi connectivity index (χ1v) is 7.40. The van der Waals surface area contributed by atoms with E-state index < -0.39 is 0 Å². The van der Waals surface area contributed by atoms with Gasteiger partial charge in [-0.1, -0.05) is 6.58 Å². The van der Waals surface area contributed by atoms with Crippen LogP contribution in [-0.2, 0) is 27.2 Å². The highest BCUT2D eigenvalue weighted by Crippen LogP contribution is 2.13. The highest BCUT2D eigenvalue weighted by Gasteiger charge is 2.08. The van der Waals surface area contributed by atoms with Gasteiger partial charge in [-0.2, -0.15) is 0 Å². The number of ether oxygens (including phenoxy) is 1. The van der Waals surface area contributed by atoms with Gasteiger partial charge in [0.05, 0.1) is 12.4 Å². The highest BCUT2D eigenvalue weighted by molar-refractivity contribution is 5.78. The van der Waals surface area contributed by atoms with Crippen LogP contribution in [0.3, 0.4) is 0 Å². The minimum Gasteiger partial charge on any atom is -0.499 e. The minimum absolute atomic E-state index is 0.151. The van der Waals surface area contributed by atoms with E-state index in [4.69, 9.17) is 9.15 Å². The van der Waals surface area contributed by atoms with Crippen molar-refractivity contribution in [3.05, 3.63) is 36.0 Å². The fraction of sp³-hybridized carbons (Fsp3) is 0.529. The van der Waals surface area contributed by atoms with Crippen molar-refractivity contribution in [2.24, 2.45) is 0 Å². The number of furan rings is 1. The number of carbonyl (C=O) groups excluding carboxylic acids is 2. The Morgan fingerprint density at radius 1 is 1.10 bits per heavy atom. The van der Waals surface area contributed by atoms with Crippen molar-refractivity contribution >= 4 is 11.6 Å². The molecule has 0 aliphatic rings. The Morgan fingerprint density at radius 3 is 2.29 bits per heavy atom. The lowest BCUT2D eigenvalue weighted by atomic mass is 10.1. The normalized spacial score (nSPS) is 10.4. The molecular weight excluding hydrogens is 268 g/mol. The largest absolute Gasteiger partial charge is 0.499 e. The van der Waals surface area contributed by atoms with E-state index in [1.54, 1.807) is 6.92 Å². The number of allylic oxidation sites excluding steroid dienone is 1. The van der Waals surface area contributed by atoms with Crippen LogP contribution in [0.5, 0.6) is 0 Å². The van der Waals surface area contributed by atoms with Gasteiger partial charge in [0, 0.05) is 38.5 Å². The smallest absolute Gasteiger partial charge is 0.133 e. The Morgan fingerprint density at radius 2 is 1.71 bits per heavy atom. The van der Waals surface area contributed by atoms with Gasteiger partial charge >= 0.3 is 0 Å². The molecule has 21 heavy (non-hydrogen) atoms. The molecule has 0 fully saturated rings. The summed E-state index contributed by atoms with van der Waals surface area (Å²) in [5.74, 6) is 2.59. The number of rotatable bonds is 11. The summed E-state index contributed by atoms with van der Waals surface area (Å²) in [5, 5.41) is 0. The van der Waals surface area contributed by atoms with Gasteiger partial charge in [0.2, 0.25) is 0 Å². The fourth-order valence-corrected chi connectivity index (χ4v) is 1.93. The summed E-state index contributed by atoms with van der Waals surface area (Å²) >= 11 is 0. The van der Waals surface area contributed by atoms with Crippen molar-refractivity contribution in [2.45, 2.75) is 52.4 Å². The number of aryl methyl sites for hydroxylation is 2. The predicted molar refractivity (Wildman–Crippen MR) is 81.0 cm³/mol. The first kappa shape index (κ1) is 17.2. The quantitative estimate of drug-likeness (QED) is 0.584. The van der Waals surface area contributed by atoms with Crippen molar-refractivity contribution in [1.29, 1.82) is 0 Å². The van der Waals surface area contributed by atoms with Crippen LogP contribution in [0, 0.1) is 0 Å². The average molecular weight is 292 g/mol. The maximum atomic E-state index is 11.8. The second-order valence-electron chi connectivity index (χ2n) is 5.08. The van der Waals surface area contributed by atoms with E-state index in [0.717, 1.165) is 11.5 Å². The van der Waals surface area contributed by atoms with E-state index >= 15 is 0 Å². The molecule has 1 heterocycles. The first-order chi connectivity index (χ1) is 10.0. The van der Waals surface area contributed by atoms with Gasteiger partial charge in [0.25, 0.3) is 0 Å². The van der Waals surface area contributed by atoms with Crippen LogP contribution in [-0.4, -0.2) is 18.2 Å². The second-order valence-corrected chi connectivity index (χ2v) is 5.08. The third-order valence-electron chi connectivity index (χ3n) is 3.12. The zero-order chi connectivity index (χ0) is 15.7. The summed E-state index contributed by atoms with van der Waals surface area (Å²) in [5.41, 5.74) is 0. The van der Waals surface area contributed by atoms with E-state index in [9.17, 15) is 9.59 Å². The maximum Gasteiger partial charge on any atom is 0.133 e. The molecule has 0 saturated heterocycles. The molecule has 1 rings (SSSR count). The summed E-state index contributed by atoms with van der Waals surface area (Å²) in [6, 6.07) is 3.75. The van der Waals surface area contributed by atoms with Crippen LogP contribution in [0.2, 0.25) is 0 Å². The number of hydrogen-bond donors (Lipinski definition) is 0. The predicted octanol–water partition coefficient (Wildman–Crippen LogP) is 3.63. The van der Waals surface area contributed by atoms with Crippen LogP contribution in [0.1, 0.15) is 51.1 Å². The lowest BCUT2D eigenvalue weighted by Crippen LogP contribution is -2.01. The molecule has 4 nitrogen and oxygen atoms in total. The Balaban J connectivity index is 2.26. The summed E-state index contributed by atoms with van der Waals surface area (Å²) in [6.45, 7) is 7.80. The maximum absolute atomic E-state index is 11.8. The third kappa shape index (κ3) is 7.49. The van der Waals surface area contributed by atoms with Crippen molar-refractivity contribution in [3.63, 3.8) is 0 Å². The standard InChI is InChI=1S/C17H24O4/c1-4-20-14(3)6-7-15(19)8-10-17-12-11-16(21-17)9-5-13(2)18/h11-12H,3-10H2,1-2H3. The Hall–Kier alpha value is -1.84. The summed E-state index contributed by atoms with van der Waals surface area (Å²) in [4.78, 5) is 22.7. The molecule has 1 aromatic rings. The molecule has 0 bridgehead atoms. The molecule has 0 spiro atoms. The van der Waals surface area contributed by atoms with Gasteiger partial charge in [-0.3, -0.25) is 4.79 Å². The minimum atomic E-state index is 0.151. The van der Waals surface area contributed by atoms with Gasteiger partial charge in [-0.25, -0.2) is 0 Å². The summed E-state index contributed by atoms with van der Waals surface area (Å²) < 4.78 is 10.8. The molecular formula is C17H24O4. The molecule has 0 N–H and O–H groups in total. The van der Waals surface area contributed by atoms with Gasteiger partial charge in [-0.15, -0.1) is 0 Å². The van der Waals surface area contributed by atoms with Crippen molar-refractivity contribution in [2.75, 3.05) is 6.61 Å². The van der Waals surface area contributed by atoms with E-state index in [2.05, 4.69) is 6.58 Å². The monoisotopic (exact) mass is 292 g/mol. The van der Waals surface area contributed by atoms with Crippen LogP contribution < -0.4 is 0 Å². The molecule has 0 radical (unpaired) electrons. The zero-order valence-corrected chi connectivity index (χ0v) is 12.9. The Labute approximate surface area is 126 Å². The van der Waals surface area contributed by atoms with Gasteiger partial charge in [0.15, 0.2) is 0 Å². The molecule has 1 aromatic heterocycles. The molecule has 0 aliphatic carbocycles.